The Morgan fingerprint density at radius 3 is 2.35 bits per heavy atom. The highest BCUT2D eigenvalue weighted by Gasteiger charge is 2.06. The summed E-state index contributed by atoms with van der Waals surface area (Å²) in [6.45, 7) is 0. The summed E-state index contributed by atoms with van der Waals surface area (Å²) < 4.78 is 0. The monoisotopic (exact) mass is 282 g/mol. The summed E-state index contributed by atoms with van der Waals surface area (Å²) in [4.78, 5) is 11.9. The van der Waals surface area contributed by atoms with Gasteiger partial charge in [-0.1, -0.05) is 41.9 Å². The van der Waals surface area contributed by atoms with Crippen molar-refractivity contribution in [3.8, 4) is 6.07 Å². The van der Waals surface area contributed by atoms with E-state index in [1.807, 2.05) is 12.1 Å². The van der Waals surface area contributed by atoms with Crippen molar-refractivity contribution in [1.29, 1.82) is 5.26 Å². The minimum atomic E-state index is -0.313. The predicted molar refractivity (Wildman–Crippen MR) is 79.0 cm³/mol. The van der Waals surface area contributed by atoms with Crippen LogP contribution in [0.5, 0.6) is 0 Å². The zero-order chi connectivity index (χ0) is 14.4. The summed E-state index contributed by atoms with van der Waals surface area (Å²) in [5.74, 6) is -0.313. The molecule has 0 unspecified atom stereocenters. The number of halogens is 1. The van der Waals surface area contributed by atoms with Crippen LogP contribution in [0.15, 0.2) is 60.3 Å². The van der Waals surface area contributed by atoms with E-state index < -0.39 is 0 Å². The average molecular weight is 283 g/mol. The molecule has 20 heavy (non-hydrogen) atoms. The van der Waals surface area contributed by atoms with Crippen LogP contribution in [0.3, 0.4) is 0 Å². The highest BCUT2D eigenvalue weighted by molar-refractivity contribution is 6.30. The van der Waals surface area contributed by atoms with E-state index in [4.69, 9.17) is 16.9 Å². The summed E-state index contributed by atoms with van der Waals surface area (Å²) >= 11 is 5.79. The van der Waals surface area contributed by atoms with Crippen molar-refractivity contribution in [3.05, 3.63) is 76.4 Å². The molecule has 0 aliphatic rings. The molecule has 0 radical (unpaired) electrons. The molecular weight excluding hydrogens is 272 g/mol. The third-order valence-electron chi connectivity index (χ3n) is 2.59. The summed E-state index contributed by atoms with van der Waals surface area (Å²) in [6, 6.07) is 17.7. The van der Waals surface area contributed by atoms with Crippen molar-refractivity contribution < 1.29 is 4.79 Å². The van der Waals surface area contributed by atoms with Crippen LogP contribution >= 0.6 is 11.6 Å². The van der Waals surface area contributed by atoms with E-state index in [2.05, 4.69) is 5.32 Å². The van der Waals surface area contributed by atoms with Crippen molar-refractivity contribution in [2.75, 3.05) is 0 Å². The summed E-state index contributed by atoms with van der Waals surface area (Å²) in [5.41, 5.74) is 1.48. The number of nitriles is 1. The van der Waals surface area contributed by atoms with E-state index in [0.29, 0.717) is 10.6 Å². The third kappa shape index (κ3) is 3.71. The number of carbonyl (C=O) groups is 1. The smallest absolute Gasteiger partial charge is 0.256 e. The van der Waals surface area contributed by atoms with Gasteiger partial charge in [0.1, 0.15) is 11.8 Å². The Kier molecular flexibility index (Phi) is 4.54. The SMILES string of the molecule is N#C/C(=C\c1ccc(Cl)cc1)NC(=O)c1ccccc1. The van der Waals surface area contributed by atoms with Gasteiger partial charge in [-0.15, -0.1) is 0 Å². The van der Waals surface area contributed by atoms with Gasteiger partial charge in [-0.05, 0) is 35.9 Å². The number of amides is 1. The van der Waals surface area contributed by atoms with Gasteiger partial charge in [0.05, 0.1) is 0 Å². The molecule has 0 aliphatic carbocycles. The van der Waals surface area contributed by atoms with Gasteiger partial charge in [0.15, 0.2) is 0 Å². The van der Waals surface area contributed by atoms with E-state index >= 15 is 0 Å². The lowest BCUT2D eigenvalue weighted by molar-refractivity contribution is 0.0968. The van der Waals surface area contributed by atoms with E-state index in [9.17, 15) is 4.79 Å². The van der Waals surface area contributed by atoms with Crippen molar-refractivity contribution in [2.24, 2.45) is 0 Å². The molecule has 98 valence electrons. The largest absolute Gasteiger partial charge is 0.313 e. The van der Waals surface area contributed by atoms with Crippen LogP contribution in [-0.4, -0.2) is 5.91 Å². The molecule has 4 heteroatoms. The van der Waals surface area contributed by atoms with Crippen LogP contribution in [0.1, 0.15) is 15.9 Å². The molecule has 2 aromatic carbocycles. The lowest BCUT2D eigenvalue weighted by Crippen LogP contribution is -2.21. The minimum Gasteiger partial charge on any atom is -0.313 e. The molecule has 0 fully saturated rings. The van der Waals surface area contributed by atoms with Crippen LogP contribution in [0.2, 0.25) is 5.02 Å². The minimum absolute atomic E-state index is 0.182. The maximum atomic E-state index is 11.9. The van der Waals surface area contributed by atoms with Crippen LogP contribution < -0.4 is 5.32 Å². The summed E-state index contributed by atoms with van der Waals surface area (Å²) in [7, 11) is 0. The zero-order valence-corrected chi connectivity index (χ0v) is 11.3. The van der Waals surface area contributed by atoms with Gasteiger partial charge in [0, 0.05) is 10.6 Å². The van der Waals surface area contributed by atoms with Gasteiger partial charge in [-0.2, -0.15) is 5.26 Å². The number of hydrogen-bond donors (Lipinski definition) is 1. The molecule has 0 atom stereocenters. The Labute approximate surface area is 122 Å². The van der Waals surface area contributed by atoms with Crippen LogP contribution in [0.25, 0.3) is 6.08 Å². The van der Waals surface area contributed by atoms with Crippen molar-refractivity contribution >= 4 is 23.6 Å². The van der Waals surface area contributed by atoms with Gasteiger partial charge in [-0.25, -0.2) is 0 Å². The van der Waals surface area contributed by atoms with Gasteiger partial charge < -0.3 is 5.32 Å². The Hall–Kier alpha value is -2.57. The standard InChI is InChI=1S/C16H11ClN2O/c17-14-8-6-12(7-9-14)10-15(11-18)19-16(20)13-4-2-1-3-5-13/h1-10H,(H,19,20)/b15-10+. The number of rotatable bonds is 3. The van der Waals surface area contributed by atoms with E-state index in [-0.39, 0.29) is 11.6 Å². The Morgan fingerprint density at radius 1 is 1.10 bits per heavy atom. The van der Waals surface area contributed by atoms with Gasteiger partial charge >= 0.3 is 0 Å². The zero-order valence-electron chi connectivity index (χ0n) is 10.5. The molecule has 0 heterocycles. The maximum absolute atomic E-state index is 11.9. The molecule has 0 aromatic heterocycles. The van der Waals surface area contributed by atoms with Crippen LogP contribution in [0, 0.1) is 11.3 Å². The second kappa shape index (κ2) is 6.55. The molecule has 2 rings (SSSR count). The Morgan fingerprint density at radius 2 is 1.75 bits per heavy atom. The van der Waals surface area contributed by atoms with E-state index in [1.54, 1.807) is 54.6 Å². The predicted octanol–water partition coefficient (Wildman–Crippen LogP) is 3.63. The van der Waals surface area contributed by atoms with Crippen molar-refractivity contribution in [3.63, 3.8) is 0 Å². The first-order chi connectivity index (χ1) is 9.69. The second-order valence-corrected chi connectivity index (χ2v) is 4.48. The molecule has 0 aliphatic heterocycles. The second-order valence-electron chi connectivity index (χ2n) is 4.04. The molecule has 2 aromatic rings. The molecule has 1 amide bonds. The fourth-order valence-corrected chi connectivity index (χ4v) is 1.73. The summed E-state index contributed by atoms with van der Waals surface area (Å²) in [5, 5.41) is 12.3. The molecule has 0 saturated carbocycles. The van der Waals surface area contributed by atoms with Crippen LogP contribution in [-0.2, 0) is 0 Å². The molecule has 1 N–H and O–H groups in total. The van der Waals surface area contributed by atoms with Crippen LogP contribution in [0.4, 0.5) is 0 Å². The summed E-state index contributed by atoms with van der Waals surface area (Å²) in [6.07, 6.45) is 1.59. The van der Waals surface area contributed by atoms with Crippen molar-refractivity contribution in [1.82, 2.24) is 5.32 Å². The number of allylic oxidation sites excluding steroid dienone is 1. The van der Waals surface area contributed by atoms with Gasteiger partial charge in [-0.3, -0.25) is 4.79 Å². The molecule has 0 bridgehead atoms. The Bertz CT molecular complexity index is 670. The third-order valence-corrected chi connectivity index (χ3v) is 2.84. The normalized spacial score (nSPS) is 10.7. The fraction of sp³-hybridized carbons (Fsp3) is 0. The first kappa shape index (κ1) is 13.9. The number of nitrogens with zero attached hydrogens (tertiary/aromatic N) is 1. The Balaban J connectivity index is 2.16. The number of benzene rings is 2. The lowest BCUT2D eigenvalue weighted by atomic mass is 10.2. The molecular formula is C16H11ClN2O. The first-order valence-corrected chi connectivity index (χ1v) is 6.30. The topological polar surface area (TPSA) is 52.9 Å². The number of hydrogen-bond acceptors (Lipinski definition) is 2. The molecule has 0 saturated heterocycles. The fourth-order valence-electron chi connectivity index (χ4n) is 1.61. The molecule has 3 nitrogen and oxygen atoms in total. The van der Waals surface area contributed by atoms with E-state index in [1.165, 1.54) is 0 Å². The van der Waals surface area contributed by atoms with Gasteiger partial charge in [0.25, 0.3) is 5.91 Å². The highest BCUT2D eigenvalue weighted by Crippen LogP contribution is 2.12. The maximum Gasteiger partial charge on any atom is 0.256 e. The van der Waals surface area contributed by atoms with Crippen molar-refractivity contribution in [2.45, 2.75) is 0 Å². The number of carbonyl (C=O) groups excluding carboxylic acids is 1. The quantitative estimate of drug-likeness (QED) is 0.874. The van der Waals surface area contributed by atoms with Gasteiger partial charge in [0.2, 0.25) is 0 Å². The molecule has 0 spiro atoms. The first-order valence-electron chi connectivity index (χ1n) is 5.93. The highest BCUT2D eigenvalue weighted by atomic mass is 35.5. The lowest BCUT2D eigenvalue weighted by Gasteiger charge is -2.03. The van der Waals surface area contributed by atoms with E-state index in [0.717, 1.165) is 5.56 Å². The number of nitrogens with one attached hydrogen (secondary N) is 1. The average Bonchev–Trinajstić information content (AvgIpc) is 2.49.